The molecule has 0 fully saturated rings. The molecular formula is C16H31N3O. The van der Waals surface area contributed by atoms with Gasteiger partial charge in [-0.3, -0.25) is 4.68 Å². The van der Waals surface area contributed by atoms with E-state index in [2.05, 4.69) is 37.7 Å². The first-order valence-corrected chi connectivity index (χ1v) is 8.08. The molecule has 20 heavy (non-hydrogen) atoms. The Morgan fingerprint density at radius 2 is 1.95 bits per heavy atom. The third-order valence-corrected chi connectivity index (χ3v) is 3.63. The Balaban J connectivity index is 2.94. The van der Waals surface area contributed by atoms with Crippen LogP contribution in [0.1, 0.15) is 64.0 Å². The minimum atomic E-state index is 0.376. The molecule has 0 spiro atoms. The molecule has 0 saturated carbocycles. The summed E-state index contributed by atoms with van der Waals surface area (Å²) in [5.74, 6) is 0. The second-order valence-corrected chi connectivity index (χ2v) is 5.11. The summed E-state index contributed by atoms with van der Waals surface area (Å²) in [6, 6.07) is 0.376. The van der Waals surface area contributed by atoms with Crippen LogP contribution in [0.2, 0.25) is 0 Å². The standard InChI is InChI=1S/C16H31N3O/c1-6-10-17-13(5)16-14(7-2)18-19(15(16)8-3)11-12-20-9-4/h13,17H,6-12H2,1-5H3. The lowest BCUT2D eigenvalue weighted by molar-refractivity contribution is 0.135. The van der Waals surface area contributed by atoms with E-state index in [-0.39, 0.29) is 0 Å². The van der Waals surface area contributed by atoms with Crippen LogP contribution in [0, 0.1) is 0 Å². The molecule has 0 aromatic carbocycles. The van der Waals surface area contributed by atoms with Gasteiger partial charge in [0.1, 0.15) is 0 Å². The fraction of sp³-hybridized carbons (Fsp3) is 0.812. The first-order valence-electron chi connectivity index (χ1n) is 8.08. The van der Waals surface area contributed by atoms with Crippen molar-refractivity contribution in [1.82, 2.24) is 15.1 Å². The van der Waals surface area contributed by atoms with E-state index in [1.54, 1.807) is 0 Å². The van der Waals surface area contributed by atoms with Crippen LogP contribution in [-0.4, -0.2) is 29.5 Å². The van der Waals surface area contributed by atoms with Crippen molar-refractivity contribution >= 4 is 0 Å². The largest absolute Gasteiger partial charge is 0.380 e. The summed E-state index contributed by atoms with van der Waals surface area (Å²) in [5, 5.41) is 8.39. The van der Waals surface area contributed by atoms with Crippen LogP contribution in [-0.2, 0) is 24.1 Å². The molecule has 4 nitrogen and oxygen atoms in total. The highest BCUT2D eigenvalue weighted by Crippen LogP contribution is 2.23. The molecule has 1 N–H and O–H groups in total. The average molecular weight is 281 g/mol. The van der Waals surface area contributed by atoms with Crippen LogP contribution in [0.4, 0.5) is 0 Å². The average Bonchev–Trinajstić information content (AvgIpc) is 2.82. The Labute approximate surface area is 123 Å². The molecule has 1 unspecified atom stereocenters. The third kappa shape index (κ3) is 4.32. The van der Waals surface area contributed by atoms with Gasteiger partial charge in [-0.15, -0.1) is 0 Å². The zero-order chi connectivity index (χ0) is 15.0. The number of nitrogens with one attached hydrogen (secondary N) is 1. The van der Waals surface area contributed by atoms with Gasteiger partial charge in [-0.05, 0) is 39.7 Å². The summed E-state index contributed by atoms with van der Waals surface area (Å²) in [4.78, 5) is 0. The number of rotatable bonds is 10. The predicted octanol–water partition coefficient (Wildman–Crippen LogP) is 3.11. The van der Waals surface area contributed by atoms with Crippen molar-refractivity contribution in [2.24, 2.45) is 0 Å². The minimum Gasteiger partial charge on any atom is -0.380 e. The lowest BCUT2D eigenvalue weighted by Crippen LogP contribution is -2.21. The zero-order valence-electron chi connectivity index (χ0n) is 13.8. The van der Waals surface area contributed by atoms with Crippen LogP contribution < -0.4 is 5.32 Å². The van der Waals surface area contributed by atoms with E-state index in [4.69, 9.17) is 9.84 Å². The number of hydrogen-bond donors (Lipinski definition) is 1. The van der Waals surface area contributed by atoms with Gasteiger partial charge in [0.15, 0.2) is 0 Å². The maximum absolute atomic E-state index is 5.47. The van der Waals surface area contributed by atoms with Gasteiger partial charge >= 0.3 is 0 Å². The normalized spacial score (nSPS) is 12.8. The Hall–Kier alpha value is -0.870. The van der Waals surface area contributed by atoms with Crippen molar-refractivity contribution in [3.8, 4) is 0 Å². The van der Waals surface area contributed by atoms with Gasteiger partial charge in [0, 0.05) is 23.9 Å². The summed E-state index contributed by atoms with van der Waals surface area (Å²) < 4.78 is 7.62. The Bertz CT molecular complexity index is 387. The Kier molecular flexibility index (Phi) is 7.85. The highest BCUT2D eigenvalue weighted by molar-refractivity contribution is 5.30. The number of aromatic nitrogens is 2. The topological polar surface area (TPSA) is 39.1 Å². The van der Waals surface area contributed by atoms with Gasteiger partial charge in [0.2, 0.25) is 0 Å². The molecule has 0 bridgehead atoms. The molecule has 0 radical (unpaired) electrons. The van der Waals surface area contributed by atoms with E-state index in [0.29, 0.717) is 6.04 Å². The van der Waals surface area contributed by atoms with Gasteiger partial charge in [0.25, 0.3) is 0 Å². The first-order chi connectivity index (χ1) is 9.69. The fourth-order valence-corrected chi connectivity index (χ4v) is 2.64. The van der Waals surface area contributed by atoms with E-state index in [0.717, 1.165) is 45.6 Å². The number of ether oxygens (including phenoxy) is 1. The van der Waals surface area contributed by atoms with Gasteiger partial charge < -0.3 is 10.1 Å². The van der Waals surface area contributed by atoms with E-state index in [1.807, 2.05) is 6.92 Å². The molecule has 0 amide bonds. The van der Waals surface area contributed by atoms with Gasteiger partial charge in [-0.2, -0.15) is 5.10 Å². The van der Waals surface area contributed by atoms with Gasteiger partial charge in [0.05, 0.1) is 18.8 Å². The number of nitrogens with zero attached hydrogens (tertiary/aromatic N) is 2. The number of hydrogen-bond acceptors (Lipinski definition) is 3. The Morgan fingerprint density at radius 3 is 2.50 bits per heavy atom. The van der Waals surface area contributed by atoms with Crippen molar-refractivity contribution in [3.63, 3.8) is 0 Å². The van der Waals surface area contributed by atoms with Crippen molar-refractivity contribution < 1.29 is 4.74 Å². The SMILES string of the molecule is CCCNC(C)c1c(CC)nn(CCOCC)c1CC. The monoisotopic (exact) mass is 281 g/mol. The van der Waals surface area contributed by atoms with Crippen molar-refractivity contribution in [1.29, 1.82) is 0 Å². The summed E-state index contributed by atoms with van der Waals surface area (Å²) in [6.45, 7) is 14.3. The lowest BCUT2D eigenvalue weighted by Gasteiger charge is -2.16. The molecule has 0 aliphatic heterocycles. The smallest absolute Gasteiger partial charge is 0.0672 e. The second-order valence-electron chi connectivity index (χ2n) is 5.11. The summed E-state index contributed by atoms with van der Waals surface area (Å²) in [6.07, 6.45) is 3.17. The van der Waals surface area contributed by atoms with E-state index >= 15 is 0 Å². The van der Waals surface area contributed by atoms with Crippen LogP contribution in [0.15, 0.2) is 0 Å². The van der Waals surface area contributed by atoms with E-state index in [9.17, 15) is 0 Å². The minimum absolute atomic E-state index is 0.376. The highest BCUT2D eigenvalue weighted by Gasteiger charge is 2.19. The molecule has 1 atom stereocenters. The lowest BCUT2D eigenvalue weighted by atomic mass is 10.0. The molecule has 116 valence electrons. The van der Waals surface area contributed by atoms with Crippen molar-refractivity contribution in [2.45, 2.75) is 66.5 Å². The van der Waals surface area contributed by atoms with Crippen LogP contribution in [0.5, 0.6) is 0 Å². The number of aryl methyl sites for hydroxylation is 1. The summed E-state index contributed by atoms with van der Waals surface area (Å²) in [5.41, 5.74) is 3.99. The summed E-state index contributed by atoms with van der Waals surface area (Å²) in [7, 11) is 0. The van der Waals surface area contributed by atoms with Gasteiger partial charge in [-0.1, -0.05) is 20.8 Å². The molecule has 4 heteroatoms. The third-order valence-electron chi connectivity index (χ3n) is 3.63. The summed E-state index contributed by atoms with van der Waals surface area (Å²) >= 11 is 0. The first kappa shape index (κ1) is 17.2. The highest BCUT2D eigenvalue weighted by atomic mass is 16.5. The molecule has 0 aliphatic rings. The zero-order valence-corrected chi connectivity index (χ0v) is 13.8. The van der Waals surface area contributed by atoms with Crippen molar-refractivity contribution in [3.05, 3.63) is 17.0 Å². The molecule has 0 aliphatic carbocycles. The van der Waals surface area contributed by atoms with Crippen LogP contribution in [0.25, 0.3) is 0 Å². The van der Waals surface area contributed by atoms with Crippen LogP contribution >= 0.6 is 0 Å². The molecule has 1 aromatic heterocycles. The van der Waals surface area contributed by atoms with E-state index < -0.39 is 0 Å². The maximum atomic E-state index is 5.47. The maximum Gasteiger partial charge on any atom is 0.0672 e. The molecule has 1 rings (SSSR count). The van der Waals surface area contributed by atoms with Gasteiger partial charge in [-0.25, -0.2) is 0 Å². The molecular weight excluding hydrogens is 250 g/mol. The van der Waals surface area contributed by atoms with Crippen molar-refractivity contribution in [2.75, 3.05) is 19.8 Å². The quantitative estimate of drug-likeness (QED) is 0.670. The molecule has 1 heterocycles. The fourth-order valence-electron chi connectivity index (χ4n) is 2.64. The Morgan fingerprint density at radius 1 is 1.20 bits per heavy atom. The molecule has 1 aromatic rings. The molecule has 0 saturated heterocycles. The van der Waals surface area contributed by atoms with E-state index in [1.165, 1.54) is 17.0 Å². The van der Waals surface area contributed by atoms with Crippen LogP contribution in [0.3, 0.4) is 0 Å². The predicted molar refractivity (Wildman–Crippen MR) is 84.2 cm³/mol. The second kappa shape index (κ2) is 9.14.